The van der Waals surface area contributed by atoms with E-state index in [0.29, 0.717) is 6.61 Å². The SMILES string of the molecule is CCCCCCCCCCCc1ccc(C=C2N=C(c3cccs3)C=C2OCc2ccccc2)[nH]1. The van der Waals surface area contributed by atoms with Gasteiger partial charge in [0.25, 0.3) is 0 Å². The van der Waals surface area contributed by atoms with Crippen LogP contribution in [0.5, 0.6) is 0 Å². The van der Waals surface area contributed by atoms with Gasteiger partial charge in [-0.05, 0) is 48.1 Å². The molecule has 3 heterocycles. The van der Waals surface area contributed by atoms with Crippen LogP contribution in [0, 0.1) is 0 Å². The van der Waals surface area contributed by atoms with Crippen LogP contribution in [0.15, 0.2) is 82.5 Å². The van der Waals surface area contributed by atoms with Crippen LogP contribution in [0.3, 0.4) is 0 Å². The fourth-order valence-electron chi connectivity index (χ4n) is 4.38. The zero-order valence-electron chi connectivity index (χ0n) is 21.0. The van der Waals surface area contributed by atoms with Gasteiger partial charge in [0.1, 0.15) is 18.1 Å². The summed E-state index contributed by atoms with van der Waals surface area (Å²) in [5.74, 6) is 0.826. The fourth-order valence-corrected chi connectivity index (χ4v) is 5.07. The summed E-state index contributed by atoms with van der Waals surface area (Å²) in [4.78, 5) is 9.64. The van der Waals surface area contributed by atoms with E-state index in [9.17, 15) is 0 Å². The van der Waals surface area contributed by atoms with Gasteiger partial charge in [0.2, 0.25) is 0 Å². The highest BCUT2D eigenvalue weighted by Crippen LogP contribution is 2.28. The standard InChI is InChI=1S/C31H38N2OS/c1-2-3-4-5-6-7-8-9-13-17-26-19-20-27(32-26)22-28-30(34-24-25-15-11-10-12-16-25)23-29(33-28)31-18-14-21-35-31/h10-12,14-16,18-23,32H,2-9,13,17,24H2,1H3. The zero-order valence-corrected chi connectivity index (χ0v) is 21.8. The number of nitrogens with one attached hydrogen (secondary N) is 1. The van der Waals surface area contributed by atoms with Crippen molar-refractivity contribution in [2.24, 2.45) is 4.99 Å². The zero-order chi connectivity index (χ0) is 24.1. The molecule has 35 heavy (non-hydrogen) atoms. The number of allylic oxidation sites excluding steroid dienone is 1. The summed E-state index contributed by atoms with van der Waals surface area (Å²) < 4.78 is 6.21. The average molecular weight is 487 g/mol. The van der Waals surface area contributed by atoms with E-state index >= 15 is 0 Å². The second-order valence-electron chi connectivity index (χ2n) is 9.30. The van der Waals surface area contributed by atoms with E-state index in [0.717, 1.165) is 39.7 Å². The van der Waals surface area contributed by atoms with E-state index in [2.05, 4.69) is 65.8 Å². The smallest absolute Gasteiger partial charge is 0.147 e. The maximum Gasteiger partial charge on any atom is 0.147 e. The minimum atomic E-state index is 0.534. The molecule has 0 aliphatic carbocycles. The molecule has 0 bridgehead atoms. The summed E-state index contributed by atoms with van der Waals surface area (Å²) in [5.41, 5.74) is 5.38. The van der Waals surface area contributed by atoms with Gasteiger partial charge in [0.15, 0.2) is 0 Å². The molecular weight excluding hydrogens is 448 g/mol. The first-order valence-electron chi connectivity index (χ1n) is 13.2. The lowest BCUT2D eigenvalue weighted by Gasteiger charge is -2.08. The number of aromatic nitrogens is 1. The Morgan fingerprint density at radius 1 is 0.857 bits per heavy atom. The molecule has 0 unspecified atom stereocenters. The fraction of sp³-hybridized carbons (Fsp3) is 0.387. The van der Waals surface area contributed by atoms with Crippen molar-refractivity contribution in [2.75, 3.05) is 0 Å². The third kappa shape index (κ3) is 8.10. The maximum absolute atomic E-state index is 6.21. The molecule has 0 atom stereocenters. The third-order valence-corrected chi connectivity index (χ3v) is 7.28. The first kappa shape index (κ1) is 25.2. The molecule has 3 nitrogen and oxygen atoms in total. The Morgan fingerprint density at radius 2 is 1.63 bits per heavy atom. The molecule has 3 aromatic rings. The van der Waals surface area contributed by atoms with Crippen molar-refractivity contribution in [3.8, 4) is 0 Å². The van der Waals surface area contributed by atoms with Gasteiger partial charge in [-0.3, -0.25) is 0 Å². The third-order valence-electron chi connectivity index (χ3n) is 6.38. The van der Waals surface area contributed by atoms with Crippen molar-refractivity contribution < 1.29 is 4.74 Å². The van der Waals surface area contributed by atoms with E-state index in [1.165, 1.54) is 63.5 Å². The molecular formula is C31H38N2OS. The summed E-state index contributed by atoms with van der Waals surface area (Å²) in [6.45, 7) is 2.81. The van der Waals surface area contributed by atoms with Crippen LogP contribution in [0.25, 0.3) is 6.08 Å². The number of aryl methyl sites for hydroxylation is 1. The Balaban J connectivity index is 1.31. The Bertz CT molecular complexity index is 1110. The van der Waals surface area contributed by atoms with Crippen molar-refractivity contribution in [1.29, 1.82) is 0 Å². The lowest BCUT2D eigenvalue weighted by Crippen LogP contribution is -1.94. The van der Waals surface area contributed by atoms with Crippen LogP contribution in [0.1, 0.15) is 86.5 Å². The second-order valence-corrected chi connectivity index (χ2v) is 10.3. The molecule has 4 rings (SSSR count). The van der Waals surface area contributed by atoms with Crippen molar-refractivity contribution in [3.63, 3.8) is 0 Å². The van der Waals surface area contributed by atoms with E-state index < -0.39 is 0 Å². The van der Waals surface area contributed by atoms with Gasteiger partial charge in [-0.15, -0.1) is 11.3 Å². The highest BCUT2D eigenvalue weighted by Gasteiger charge is 2.18. The quantitative estimate of drug-likeness (QED) is 0.214. The number of ether oxygens (including phenoxy) is 1. The molecule has 0 amide bonds. The van der Waals surface area contributed by atoms with E-state index in [1.54, 1.807) is 11.3 Å². The highest BCUT2D eigenvalue weighted by atomic mass is 32.1. The monoisotopic (exact) mass is 486 g/mol. The normalized spacial score (nSPS) is 14.4. The average Bonchev–Trinajstić information content (AvgIpc) is 3.64. The number of nitrogens with zero attached hydrogens (tertiary/aromatic N) is 1. The molecule has 0 saturated heterocycles. The molecule has 4 heteroatoms. The molecule has 1 aromatic carbocycles. The summed E-state index contributed by atoms with van der Waals surface area (Å²) in [5, 5.41) is 2.08. The van der Waals surface area contributed by atoms with Gasteiger partial charge in [-0.25, -0.2) is 4.99 Å². The largest absolute Gasteiger partial charge is 0.487 e. The molecule has 1 N–H and O–H groups in total. The Kier molecular flexibility index (Phi) is 10.0. The molecule has 184 valence electrons. The van der Waals surface area contributed by atoms with Gasteiger partial charge in [0.05, 0.1) is 10.6 Å². The number of H-pyrrole nitrogens is 1. The van der Waals surface area contributed by atoms with Gasteiger partial charge in [-0.2, -0.15) is 0 Å². The van der Waals surface area contributed by atoms with Crippen molar-refractivity contribution in [3.05, 3.63) is 99.3 Å². The van der Waals surface area contributed by atoms with Gasteiger partial charge in [0, 0.05) is 17.5 Å². The second kappa shape index (κ2) is 13.9. The van der Waals surface area contributed by atoms with E-state index in [-0.39, 0.29) is 0 Å². The first-order valence-corrected chi connectivity index (χ1v) is 14.1. The van der Waals surface area contributed by atoms with Crippen molar-refractivity contribution >= 4 is 23.1 Å². The predicted molar refractivity (Wildman–Crippen MR) is 150 cm³/mol. The molecule has 1 aliphatic rings. The van der Waals surface area contributed by atoms with Crippen LogP contribution in [0.2, 0.25) is 0 Å². The predicted octanol–water partition coefficient (Wildman–Crippen LogP) is 9.09. The lowest BCUT2D eigenvalue weighted by molar-refractivity contribution is 0.208. The summed E-state index contributed by atoms with van der Waals surface area (Å²) in [7, 11) is 0. The molecule has 1 aliphatic heterocycles. The van der Waals surface area contributed by atoms with Gasteiger partial charge < -0.3 is 9.72 Å². The molecule has 0 saturated carbocycles. The number of unbranched alkanes of at least 4 members (excludes halogenated alkanes) is 8. The minimum Gasteiger partial charge on any atom is -0.487 e. The first-order chi connectivity index (χ1) is 17.3. The Morgan fingerprint density at radius 3 is 2.37 bits per heavy atom. The maximum atomic E-state index is 6.21. The number of hydrogen-bond donors (Lipinski definition) is 1. The molecule has 0 radical (unpaired) electrons. The lowest BCUT2D eigenvalue weighted by atomic mass is 10.1. The Hall–Kier alpha value is -2.85. The summed E-state index contributed by atoms with van der Waals surface area (Å²) in [6.07, 6.45) is 17.5. The highest BCUT2D eigenvalue weighted by molar-refractivity contribution is 7.12. The Labute approximate surface area is 214 Å². The minimum absolute atomic E-state index is 0.534. The molecule has 0 spiro atoms. The van der Waals surface area contributed by atoms with Crippen LogP contribution in [-0.2, 0) is 17.8 Å². The van der Waals surface area contributed by atoms with Crippen LogP contribution >= 0.6 is 11.3 Å². The molecule has 2 aromatic heterocycles. The van der Waals surface area contributed by atoms with Gasteiger partial charge in [-0.1, -0.05) is 94.7 Å². The number of rotatable bonds is 15. The van der Waals surface area contributed by atoms with Crippen molar-refractivity contribution in [2.45, 2.75) is 77.7 Å². The number of benzene rings is 1. The van der Waals surface area contributed by atoms with E-state index in [1.807, 2.05) is 18.2 Å². The van der Waals surface area contributed by atoms with E-state index in [4.69, 9.17) is 9.73 Å². The topological polar surface area (TPSA) is 37.4 Å². The number of thiophene rings is 1. The number of aliphatic imine (C=N–C) groups is 1. The van der Waals surface area contributed by atoms with Gasteiger partial charge >= 0.3 is 0 Å². The van der Waals surface area contributed by atoms with Crippen molar-refractivity contribution in [1.82, 2.24) is 4.98 Å². The van der Waals surface area contributed by atoms with Crippen LogP contribution in [-0.4, -0.2) is 10.7 Å². The molecule has 0 fully saturated rings. The summed E-state index contributed by atoms with van der Waals surface area (Å²) in [6, 6.07) is 18.8. The number of hydrogen-bond acceptors (Lipinski definition) is 3. The van der Waals surface area contributed by atoms with Crippen LogP contribution in [0.4, 0.5) is 0 Å². The summed E-state index contributed by atoms with van der Waals surface area (Å²) >= 11 is 1.70. The van der Waals surface area contributed by atoms with Crippen LogP contribution < -0.4 is 0 Å². The number of aromatic amines is 1.